The highest BCUT2D eigenvalue weighted by molar-refractivity contribution is 9.10. The molecule has 0 atom stereocenters. The summed E-state index contributed by atoms with van der Waals surface area (Å²) in [5.74, 6) is -1.37. The van der Waals surface area contributed by atoms with Crippen LogP contribution in [0.1, 0.15) is 16.2 Å². The van der Waals surface area contributed by atoms with Crippen LogP contribution in [0.5, 0.6) is 0 Å². The molecule has 0 fully saturated rings. The van der Waals surface area contributed by atoms with Crippen LogP contribution in [0, 0.1) is 6.92 Å². The number of benzene rings is 1. The Kier molecular flexibility index (Phi) is 3.73. The van der Waals surface area contributed by atoms with Crippen molar-refractivity contribution >= 4 is 33.5 Å². The van der Waals surface area contributed by atoms with Gasteiger partial charge < -0.3 is 5.11 Å². The van der Waals surface area contributed by atoms with E-state index in [9.17, 15) is 9.59 Å². The minimum absolute atomic E-state index is 0.393. The number of carbonyl (C=O) groups is 1. The zero-order valence-corrected chi connectivity index (χ0v) is 12.1. The van der Waals surface area contributed by atoms with Gasteiger partial charge in [0.2, 0.25) is 11.1 Å². The van der Waals surface area contributed by atoms with Gasteiger partial charge in [-0.2, -0.15) is 5.10 Å². The van der Waals surface area contributed by atoms with Crippen LogP contribution in [0.25, 0.3) is 5.69 Å². The summed E-state index contributed by atoms with van der Waals surface area (Å²) in [7, 11) is 0. The first-order valence-electron chi connectivity index (χ1n) is 5.20. The zero-order valence-electron chi connectivity index (χ0n) is 9.72. The van der Waals surface area contributed by atoms with Crippen molar-refractivity contribution < 1.29 is 9.90 Å². The molecule has 0 aliphatic carbocycles. The number of rotatable bonds is 2. The Labute approximate surface area is 121 Å². The quantitative estimate of drug-likeness (QED) is 0.910. The van der Waals surface area contributed by atoms with Crippen molar-refractivity contribution in [2.45, 2.75) is 6.92 Å². The van der Waals surface area contributed by atoms with Crippen LogP contribution in [-0.2, 0) is 0 Å². The van der Waals surface area contributed by atoms with Crippen molar-refractivity contribution in [1.82, 2.24) is 9.78 Å². The monoisotopic (exact) mass is 342 g/mol. The number of aryl methyl sites for hydroxylation is 1. The zero-order chi connectivity index (χ0) is 14.2. The highest BCUT2D eigenvalue weighted by Crippen LogP contribution is 2.24. The summed E-state index contributed by atoms with van der Waals surface area (Å²) >= 11 is 9.37. The molecule has 1 aromatic carbocycles. The molecule has 0 saturated carbocycles. The second-order valence-electron chi connectivity index (χ2n) is 3.81. The molecule has 0 unspecified atom stereocenters. The van der Waals surface area contributed by atoms with E-state index < -0.39 is 17.1 Å². The molecule has 0 amide bonds. The molecule has 1 heterocycles. The molecule has 0 spiro atoms. The maximum absolute atomic E-state index is 11.5. The van der Waals surface area contributed by atoms with Crippen LogP contribution in [0.4, 0.5) is 0 Å². The maximum Gasteiger partial charge on any atom is 0.360 e. The first kappa shape index (κ1) is 13.8. The molecule has 1 N–H and O–H groups in total. The maximum atomic E-state index is 11.5. The summed E-state index contributed by atoms with van der Waals surface area (Å²) in [6, 6.07) is 6.31. The molecule has 1 aromatic heterocycles. The van der Waals surface area contributed by atoms with Gasteiger partial charge in [-0.3, -0.25) is 4.79 Å². The van der Waals surface area contributed by atoms with E-state index in [0.29, 0.717) is 16.4 Å². The van der Waals surface area contributed by atoms with Crippen molar-refractivity contribution in [3.63, 3.8) is 0 Å². The normalized spacial score (nSPS) is 10.5. The lowest BCUT2D eigenvalue weighted by Crippen LogP contribution is -2.22. The second kappa shape index (κ2) is 5.14. The Bertz CT molecular complexity index is 727. The Morgan fingerprint density at radius 2 is 2.11 bits per heavy atom. The van der Waals surface area contributed by atoms with Crippen molar-refractivity contribution in [2.24, 2.45) is 0 Å². The van der Waals surface area contributed by atoms with Gasteiger partial charge in [-0.1, -0.05) is 27.5 Å². The molecule has 0 aliphatic heterocycles. The summed E-state index contributed by atoms with van der Waals surface area (Å²) in [5.41, 5.74) is -0.164. The summed E-state index contributed by atoms with van der Waals surface area (Å²) in [4.78, 5) is 22.4. The van der Waals surface area contributed by atoms with Gasteiger partial charge in [0.1, 0.15) is 0 Å². The Morgan fingerprint density at radius 1 is 1.42 bits per heavy atom. The lowest BCUT2D eigenvalue weighted by Gasteiger charge is -2.11. The fourth-order valence-corrected chi connectivity index (χ4v) is 2.35. The molecule has 5 nitrogen and oxygen atoms in total. The molecular formula is C12H8BrClN2O3. The highest BCUT2D eigenvalue weighted by atomic mass is 79.9. The van der Waals surface area contributed by atoms with E-state index in [1.54, 1.807) is 25.1 Å². The molecule has 2 aromatic rings. The SMILES string of the molecule is Cc1cc(=O)c(C(=O)O)nn1-c1ccc(Br)cc1Cl. The smallest absolute Gasteiger partial charge is 0.360 e. The van der Waals surface area contributed by atoms with Crippen molar-refractivity contribution in [3.05, 3.63) is 55.4 Å². The largest absolute Gasteiger partial charge is 0.476 e. The summed E-state index contributed by atoms with van der Waals surface area (Å²) < 4.78 is 2.12. The average Bonchev–Trinajstić information content (AvgIpc) is 2.30. The van der Waals surface area contributed by atoms with Gasteiger partial charge in [0.05, 0.1) is 10.7 Å². The van der Waals surface area contributed by atoms with Crippen LogP contribution in [-0.4, -0.2) is 20.9 Å². The lowest BCUT2D eigenvalue weighted by molar-refractivity contribution is 0.0686. The van der Waals surface area contributed by atoms with Gasteiger partial charge >= 0.3 is 5.97 Å². The van der Waals surface area contributed by atoms with Gasteiger partial charge in [0, 0.05) is 16.2 Å². The van der Waals surface area contributed by atoms with E-state index in [4.69, 9.17) is 16.7 Å². The number of halogens is 2. The predicted octanol–water partition coefficient (Wildman–Crippen LogP) is 2.66. The molecular weight excluding hydrogens is 336 g/mol. The lowest BCUT2D eigenvalue weighted by atomic mass is 10.3. The van der Waals surface area contributed by atoms with E-state index in [-0.39, 0.29) is 0 Å². The number of carboxylic acids is 1. The molecule has 19 heavy (non-hydrogen) atoms. The van der Waals surface area contributed by atoms with Gasteiger partial charge in [0.15, 0.2) is 0 Å². The third-order valence-electron chi connectivity index (χ3n) is 2.45. The Morgan fingerprint density at radius 3 is 2.68 bits per heavy atom. The number of nitrogens with zero attached hydrogens (tertiary/aromatic N) is 2. The topological polar surface area (TPSA) is 72.2 Å². The van der Waals surface area contributed by atoms with Crippen molar-refractivity contribution in [2.75, 3.05) is 0 Å². The van der Waals surface area contributed by atoms with E-state index in [1.807, 2.05) is 0 Å². The molecule has 0 radical (unpaired) electrons. The Balaban J connectivity index is 2.71. The van der Waals surface area contributed by atoms with E-state index in [2.05, 4.69) is 21.0 Å². The number of aromatic nitrogens is 2. The third-order valence-corrected chi connectivity index (χ3v) is 3.24. The summed E-state index contributed by atoms with van der Waals surface area (Å²) in [6.45, 7) is 1.65. The standard InChI is InChI=1S/C12H8BrClN2O3/c1-6-4-10(17)11(12(18)19)15-16(6)9-3-2-7(13)5-8(9)14/h2-5H,1H3,(H,18,19). The number of hydrogen-bond acceptors (Lipinski definition) is 3. The summed E-state index contributed by atoms with van der Waals surface area (Å²) in [5, 5.41) is 13.2. The average molecular weight is 344 g/mol. The van der Waals surface area contributed by atoms with Crippen LogP contribution < -0.4 is 5.43 Å². The van der Waals surface area contributed by atoms with E-state index in [0.717, 1.165) is 4.47 Å². The highest BCUT2D eigenvalue weighted by Gasteiger charge is 2.15. The first-order chi connectivity index (χ1) is 8.90. The van der Waals surface area contributed by atoms with Crippen LogP contribution >= 0.6 is 27.5 Å². The van der Waals surface area contributed by atoms with Crippen LogP contribution in [0.15, 0.2) is 33.5 Å². The molecule has 0 bridgehead atoms. The van der Waals surface area contributed by atoms with Crippen LogP contribution in [0.2, 0.25) is 5.02 Å². The van der Waals surface area contributed by atoms with Crippen molar-refractivity contribution in [3.8, 4) is 5.69 Å². The van der Waals surface area contributed by atoms with Crippen LogP contribution in [0.3, 0.4) is 0 Å². The first-order valence-corrected chi connectivity index (χ1v) is 6.37. The van der Waals surface area contributed by atoms with Gasteiger partial charge in [-0.05, 0) is 25.1 Å². The Hall–Kier alpha value is -1.66. The van der Waals surface area contributed by atoms with Gasteiger partial charge in [-0.15, -0.1) is 0 Å². The minimum Gasteiger partial charge on any atom is -0.476 e. The second-order valence-corrected chi connectivity index (χ2v) is 5.13. The third kappa shape index (κ3) is 2.69. The fraction of sp³-hybridized carbons (Fsp3) is 0.0833. The summed E-state index contributed by atoms with van der Waals surface area (Å²) in [6.07, 6.45) is 0. The number of aromatic carboxylic acids is 1. The number of hydrogen-bond donors (Lipinski definition) is 1. The molecule has 98 valence electrons. The number of carboxylic acid groups (broad SMARTS) is 1. The molecule has 2 rings (SSSR count). The fourth-order valence-electron chi connectivity index (χ4n) is 1.59. The van der Waals surface area contributed by atoms with Gasteiger partial charge in [-0.25, -0.2) is 9.48 Å². The predicted molar refractivity (Wildman–Crippen MR) is 74.2 cm³/mol. The molecule has 0 aliphatic rings. The van der Waals surface area contributed by atoms with E-state index >= 15 is 0 Å². The van der Waals surface area contributed by atoms with E-state index in [1.165, 1.54) is 10.7 Å². The molecule has 0 saturated heterocycles. The minimum atomic E-state index is -1.37. The van der Waals surface area contributed by atoms with Crippen molar-refractivity contribution in [1.29, 1.82) is 0 Å². The van der Waals surface area contributed by atoms with Gasteiger partial charge in [0.25, 0.3) is 0 Å². The molecule has 7 heteroatoms.